The van der Waals surface area contributed by atoms with E-state index in [0.29, 0.717) is 11.3 Å². The second-order valence-corrected chi connectivity index (χ2v) is 6.92. The zero-order valence-corrected chi connectivity index (χ0v) is 14.8. The lowest BCUT2D eigenvalue weighted by Gasteiger charge is -2.19. The van der Waals surface area contributed by atoms with Gasteiger partial charge in [-0.25, -0.2) is 0 Å². The highest BCUT2D eigenvalue weighted by molar-refractivity contribution is 8.01. The molecule has 0 saturated heterocycles. The molecule has 2 rings (SSSR count). The fourth-order valence-electron chi connectivity index (χ4n) is 2.12. The topological polar surface area (TPSA) is 105 Å². The van der Waals surface area contributed by atoms with Gasteiger partial charge < -0.3 is 5.11 Å². The first kappa shape index (κ1) is 18.5. The molecule has 0 radical (unpaired) electrons. The van der Waals surface area contributed by atoms with Crippen LogP contribution < -0.4 is 4.90 Å². The number of nitrogens with one attached hydrogen (secondary N) is 2. The Hall–Kier alpha value is -2.80. The molecule has 0 aliphatic carbocycles. The van der Waals surface area contributed by atoms with Gasteiger partial charge in [-0.1, -0.05) is 29.8 Å². The van der Waals surface area contributed by atoms with E-state index in [4.69, 9.17) is 10.8 Å². The number of phenolic OH excluding ortho intramolecular Hbond substituents is 1. The summed E-state index contributed by atoms with van der Waals surface area (Å²) >= 11 is 0. The minimum Gasteiger partial charge on any atom is -0.508 e. The van der Waals surface area contributed by atoms with Crippen LogP contribution in [0, 0.1) is 24.7 Å². The maximum absolute atomic E-state index is 12.4. The maximum Gasteiger partial charge on any atom is 0.197 e. The number of aryl methyl sites for hydroxylation is 2. The molecular formula is C18H19N3O3S. The number of hydrogen-bond acceptors (Lipinski definition) is 5. The number of hydrogen-bond donors (Lipinski definition) is 3. The highest BCUT2D eigenvalue weighted by Gasteiger charge is 2.20. The van der Waals surface area contributed by atoms with E-state index in [1.165, 1.54) is 6.07 Å². The Bertz CT molecular complexity index is 847. The zero-order valence-electron chi connectivity index (χ0n) is 13.9. The molecule has 1 atom stereocenters. The van der Waals surface area contributed by atoms with Crippen LogP contribution in [0.3, 0.4) is 0 Å². The first-order valence-electron chi connectivity index (χ1n) is 7.49. The number of rotatable bonds is 5. The van der Waals surface area contributed by atoms with Crippen molar-refractivity contribution in [1.29, 1.82) is 10.8 Å². The second kappa shape index (κ2) is 7.85. The van der Waals surface area contributed by atoms with Gasteiger partial charge in [0.2, 0.25) is 0 Å². The van der Waals surface area contributed by atoms with E-state index in [9.17, 15) is 14.1 Å². The third-order valence-electron chi connectivity index (χ3n) is 3.67. The van der Waals surface area contributed by atoms with Crippen LogP contribution in [0.2, 0.25) is 0 Å². The first-order valence-corrected chi connectivity index (χ1v) is 8.81. The number of carbonyl (C=O) groups is 1. The van der Waals surface area contributed by atoms with Crippen molar-refractivity contribution in [3.8, 4) is 5.75 Å². The molecule has 0 aliphatic rings. The zero-order chi connectivity index (χ0) is 18.6. The highest BCUT2D eigenvalue weighted by Crippen LogP contribution is 2.19. The number of aromatic hydroxyl groups is 1. The van der Waals surface area contributed by atoms with Gasteiger partial charge in [0.1, 0.15) is 5.75 Å². The van der Waals surface area contributed by atoms with Crippen molar-refractivity contribution in [2.75, 3.05) is 10.7 Å². The van der Waals surface area contributed by atoms with Gasteiger partial charge in [-0.05, 0) is 37.6 Å². The molecule has 0 aliphatic heterocycles. The molecule has 0 heterocycles. The Morgan fingerprint density at radius 1 is 1.20 bits per heavy atom. The van der Waals surface area contributed by atoms with Gasteiger partial charge in [-0.3, -0.25) is 24.7 Å². The van der Waals surface area contributed by atoms with Crippen LogP contribution in [0.5, 0.6) is 5.75 Å². The van der Waals surface area contributed by atoms with E-state index in [2.05, 4.69) is 0 Å². The van der Waals surface area contributed by atoms with Crippen LogP contribution in [0.15, 0.2) is 42.5 Å². The molecule has 0 spiro atoms. The SMILES string of the molecule is Cc1ccc(N(C=N)C(=N)S(=O)CC(=O)c2ccc(C)c(O)c2)cc1. The van der Waals surface area contributed by atoms with Crippen molar-refractivity contribution >= 4 is 33.8 Å². The fraction of sp³-hybridized carbons (Fsp3) is 0.167. The molecule has 0 amide bonds. The normalized spacial score (nSPS) is 11.6. The summed E-state index contributed by atoms with van der Waals surface area (Å²) in [7, 11) is -1.92. The lowest BCUT2D eigenvalue weighted by molar-refractivity contribution is 0.102. The van der Waals surface area contributed by atoms with Crippen LogP contribution in [-0.2, 0) is 10.8 Å². The minimum absolute atomic E-state index is 0.00696. The number of anilines is 1. The summed E-state index contributed by atoms with van der Waals surface area (Å²) in [4.78, 5) is 13.4. The number of nitrogens with zero attached hydrogens (tertiary/aromatic N) is 1. The molecule has 1 unspecified atom stereocenters. The van der Waals surface area contributed by atoms with Crippen molar-refractivity contribution in [1.82, 2.24) is 0 Å². The quantitative estimate of drug-likeness (QED) is 0.434. The molecule has 2 aromatic carbocycles. The molecule has 6 nitrogen and oxygen atoms in total. The number of amidine groups is 1. The Morgan fingerprint density at radius 2 is 1.84 bits per heavy atom. The molecule has 3 N–H and O–H groups in total. The molecular weight excluding hydrogens is 338 g/mol. The molecule has 0 aromatic heterocycles. The predicted molar refractivity (Wildman–Crippen MR) is 100 cm³/mol. The van der Waals surface area contributed by atoms with E-state index in [1.54, 1.807) is 31.2 Å². The summed E-state index contributed by atoms with van der Waals surface area (Å²) in [6.07, 6.45) is 0.896. The molecule has 25 heavy (non-hydrogen) atoms. The molecule has 130 valence electrons. The number of ketones is 1. The Labute approximate surface area is 148 Å². The Kier molecular flexibility index (Phi) is 5.82. The number of carbonyl (C=O) groups excluding carboxylic acids is 1. The van der Waals surface area contributed by atoms with Gasteiger partial charge in [0.25, 0.3) is 0 Å². The minimum atomic E-state index is -1.92. The number of benzene rings is 2. The van der Waals surface area contributed by atoms with Gasteiger partial charge >= 0.3 is 0 Å². The monoisotopic (exact) mass is 357 g/mol. The molecule has 7 heteroatoms. The summed E-state index contributed by atoms with van der Waals surface area (Å²) < 4.78 is 12.4. The van der Waals surface area contributed by atoms with Crippen molar-refractivity contribution in [2.45, 2.75) is 13.8 Å². The van der Waals surface area contributed by atoms with Gasteiger partial charge in [0, 0.05) is 11.3 Å². The largest absolute Gasteiger partial charge is 0.508 e. The van der Waals surface area contributed by atoms with Crippen molar-refractivity contribution < 1.29 is 14.1 Å². The third kappa shape index (κ3) is 4.39. The summed E-state index contributed by atoms with van der Waals surface area (Å²) in [5, 5.41) is 24.9. The fourth-order valence-corrected chi connectivity index (χ4v) is 3.04. The summed E-state index contributed by atoms with van der Waals surface area (Å²) in [6.45, 7) is 3.62. The second-order valence-electron chi connectivity index (χ2n) is 5.55. The van der Waals surface area contributed by atoms with Crippen molar-refractivity contribution in [3.63, 3.8) is 0 Å². The van der Waals surface area contributed by atoms with Crippen molar-refractivity contribution in [2.24, 2.45) is 0 Å². The predicted octanol–water partition coefficient (Wildman–Crippen LogP) is 2.99. The van der Waals surface area contributed by atoms with Gasteiger partial charge in [0.15, 0.2) is 11.0 Å². The van der Waals surface area contributed by atoms with E-state index in [-0.39, 0.29) is 16.5 Å². The summed E-state index contributed by atoms with van der Waals surface area (Å²) in [6, 6.07) is 11.6. The van der Waals surface area contributed by atoms with Crippen LogP contribution in [0.4, 0.5) is 5.69 Å². The van der Waals surface area contributed by atoms with Gasteiger partial charge in [0.05, 0.1) is 22.9 Å². The first-order chi connectivity index (χ1) is 11.8. The molecule has 2 aromatic rings. The summed E-state index contributed by atoms with van der Waals surface area (Å²) in [5.41, 5.74) is 2.43. The van der Waals surface area contributed by atoms with E-state index < -0.39 is 22.3 Å². The average Bonchev–Trinajstić information content (AvgIpc) is 2.59. The van der Waals surface area contributed by atoms with Gasteiger partial charge in [-0.15, -0.1) is 0 Å². The van der Waals surface area contributed by atoms with Crippen LogP contribution in [0.1, 0.15) is 21.5 Å². The Morgan fingerprint density at radius 3 is 2.40 bits per heavy atom. The lowest BCUT2D eigenvalue weighted by Crippen LogP contribution is -2.34. The molecule has 0 bridgehead atoms. The standard InChI is InChI=1S/C18H19N3O3S/c1-12-3-7-15(8-4-12)21(11-19)18(20)25(24)10-17(23)14-6-5-13(2)16(22)9-14/h3-9,11,19-20,22H,10H2,1-2H3. The van der Waals surface area contributed by atoms with Gasteiger partial charge in [-0.2, -0.15) is 0 Å². The van der Waals surface area contributed by atoms with E-state index >= 15 is 0 Å². The van der Waals surface area contributed by atoms with E-state index in [0.717, 1.165) is 16.8 Å². The number of Topliss-reactive ketones (excluding diaryl/α,β-unsaturated/α-hetero) is 1. The lowest BCUT2D eigenvalue weighted by atomic mass is 10.1. The van der Waals surface area contributed by atoms with E-state index in [1.807, 2.05) is 19.1 Å². The summed E-state index contributed by atoms with van der Waals surface area (Å²) in [5.74, 6) is -0.836. The maximum atomic E-state index is 12.4. The Balaban J connectivity index is 2.14. The van der Waals surface area contributed by atoms with Crippen LogP contribution in [-0.4, -0.2) is 32.4 Å². The average molecular weight is 357 g/mol. The van der Waals surface area contributed by atoms with Crippen LogP contribution in [0.25, 0.3) is 0 Å². The molecule has 0 fully saturated rings. The van der Waals surface area contributed by atoms with Crippen molar-refractivity contribution in [3.05, 3.63) is 59.2 Å². The highest BCUT2D eigenvalue weighted by atomic mass is 32.2. The smallest absolute Gasteiger partial charge is 0.197 e. The third-order valence-corrected chi connectivity index (χ3v) is 4.82. The van der Waals surface area contributed by atoms with Crippen LogP contribution >= 0.6 is 0 Å². The number of phenols is 1. The molecule has 0 saturated carbocycles.